The summed E-state index contributed by atoms with van der Waals surface area (Å²) in [5.41, 5.74) is -0.830. The van der Waals surface area contributed by atoms with Crippen LogP contribution in [0.2, 0.25) is 0 Å². The van der Waals surface area contributed by atoms with E-state index in [1.807, 2.05) is 41.5 Å². The standard InChI is InChI=1S/C14H30O3/c1-10(2)7-13(8-11(3)4,9-12(5)6)14(15,16)17/h10-12,15-17H,7-9H2,1-6H3. The highest BCUT2D eigenvalue weighted by Gasteiger charge is 2.49. The predicted octanol–water partition coefficient (Wildman–Crippen LogP) is 2.74. The Labute approximate surface area is 106 Å². The molecular formula is C14H30O3. The molecule has 0 saturated carbocycles. The first-order valence-electron chi connectivity index (χ1n) is 6.67. The van der Waals surface area contributed by atoms with Gasteiger partial charge in [0.2, 0.25) is 0 Å². The van der Waals surface area contributed by atoms with Crippen molar-refractivity contribution in [3.8, 4) is 0 Å². The molecule has 0 unspecified atom stereocenters. The molecule has 0 aliphatic heterocycles. The second-order valence-corrected chi connectivity index (χ2v) is 6.71. The monoisotopic (exact) mass is 246 g/mol. The van der Waals surface area contributed by atoms with Crippen molar-refractivity contribution >= 4 is 0 Å². The smallest absolute Gasteiger partial charge is 0.281 e. The molecule has 0 rings (SSSR count). The number of rotatable bonds is 7. The van der Waals surface area contributed by atoms with Crippen molar-refractivity contribution < 1.29 is 15.3 Å². The molecule has 0 aromatic carbocycles. The van der Waals surface area contributed by atoms with Crippen LogP contribution in [0.15, 0.2) is 0 Å². The van der Waals surface area contributed by atoms with Gasteiger partial charge < -0.3 is 15.3 Å². The van der Waals surface area contributed by atoms with Crippen LogP contribution >= 0.6 is 0 Å². The highest BCUT2D eigenvalue weighted by atomic mass is 16.7. The highest BCUT2D eigenvalue weighted by molar-refractivity contribution is 4.88. The number of hydrogen-bond acceptors (Lipinski definition) is 3. The van der Waals surface area contributed by atoms with Gasteiger partial charge in [0, 0.05) is 0 Å². The lowest BCUT2D eigenvalue weighted by atomic mass is 9.67. The minimum Gasteiger partial charge on any atom is -0.343 e. The zero-order chi connectivity index (χ0) is 13.9. The molecule has 0 aliphatic rings. The molecule has 0 bridgehead atoms. The van der Waals surface area contributed by atoms with Crippen molar-refractivity contribution in [1.29, 1.82) is 0 Å². The topological polar surface area (TPSA) is 60.7 Å². The Morgan fingerprint density at radius 3 is 1.00 bits per heavy atom. The molecule has 0 aromatic heterocycles. The van der Waals surface area contributed by atoms with Gasteiger partial charge in [-0.25, -0.2) is 0 Å². The van der Waals surface area contributed by atoms with E-state index < -0.39 is 11.4 Å². The quantitative estimate of drug-likeness (QED) is 0.605. The Morgan fingerprint density at radius 2 is 0.882 bits per heavy atom. The minimum absolute atomic E-state index is 0.318. The molecule has 0 radical (unpaired) electrons. The van der Waals surface area contributed by atoms with Crippen molar-refractivity contribution in [3.05, 3.63) is 0 Å². The van der Waals surface area contributed by atoms with Crippen LogP contribution in [0.1, 0.15) is 60.8 Å². The molecule has 3 nitrogen and oxygen atoms in total. The Balaban J connectivity index is 5.20. The molecule has 0 amide bonds. The summed E-state index contributed by atoms with van der Waals surface area (Å²) in [5, 5.41) is 29.4. The third kappa shape index (κ3) is 5.36. The number of aliphatic hydroxyl groups is 3. The zero-order valence-corrected chi connectivity index (χ0v) is 12.2. The largest absolute Gasteiger partial charge is 0.343 e. The third-order valence-electron chi connectivity index (χ3n) is 3.11. The SMILES string of the molecule is CC(C)CC(CC(C)C)(CC(C)C)C(O)(O)O. The molecule has 0 aromatic rings. The van der Waals surface area contributed by atoms with Crippen molar-refractivity contribution in [2.24, 2.45) is 23.2 Å². The lowest BCUT2D eigenvalue weighted by molar-refractivity contribution is -0.383. The Bertz CT molecular complexity index is 187. The van der Waals surface area contributed by atoms with Crippen molar-refractivity contribution in [2.45, 2.75) is 66.8 Å². The van der Waals surface area contributed by atoms with Crippen LogP contribution in [-0.4, -0.2) is 21.3 Å². The highest BCUT2D eigenvalue weighted by Crippen LogP contribution is 2.45. The number of hydrogen-bond donors (Lipinski definition) is 3. The van der Waals surface area contributed by atoms with Crippen LogP contribution in [0.25, 0.3) is 0 Å². The third-order valence-corrected chi connectivity index (χ3v) is 3.11. The maximum absolute atomic E-state index is 9.79. The molecular weight excluding hydrogens is 216 g/mol. The summed E-state index contributed by atoms with van der Waals surface area (Å²) in [6.45, 7) is 12.3. The molecule has 3 heteroatoms. The van der Waals surface area contributed by atoms with Gasteiger partial charge in [0.1, 0.15) is 0 Å². The minimum atomic E-state index is -2.59. The van der Waals surface area contributed by atoms with Gasteiger partial charge in [-0.2, -0.15) is 0 Å². The van der Waals surface area contributed by atoms with Gasteiger partial charge in [-0.1, -0.05) is 41.5 Å². The summed E-state index contributed by atoms with van der Waals surface area (Å²) in [6, 6.07) is 0. The zero-order valence-electron chi connectivity index (χ0n) is 12.2. The Hall–Kier alpha value is -0.120. The van der Waals surface area contributed by atoms with Crippen LogP contribution in [0.5, 0.6) is 0 Å². The molecule has 17 heavy (non-hydrogen) atoms. The maximum Gasteiger partial charge on any atom is 0.281 e. The van der Waals surface area contributed by atoms with E-state index in [-0.39, 0.29) is 0 Å². The van der Waals surface area contributed by atoms with Gasteiger partial charge in [0.05, 0.1) is 5.41 Å². The summed E-state index contributed by atoms with van der Waals surface area (Å²) in [6.07, 6.45) is 1.85. The van der Waals surface area contributed by atoms with Crippen LogP contribution in [0, 0.1) is 23.2 Å². The average molecular weight is 246 g/mol. The fraction of sp³-hybridized carbons (Fsp3) is 1.00. The second-order valence-electron chi connectivity index (χ2n) is 6.71. The lowest BCUT2D eigenvalue weighted by Gasteiger charge is -2.44. The van der Waals surface area contributed by atoms with Gasteiger partial charge >= 0.3 is 0 Å². The van der Waals surface area contributed by atoms with E-state index in [4.69, 9.17) is 0 Å². The van der Waals surface area contributed by atoms with Crippen molar-refractivity contribution in [2.75, 3.05) is 0 Å². The molecule has 0 heterocycles. The Morgan fingerprint density at radius 1 is 0.647 bits per heavy atom. The van der Waals surface area contributed by atoms with Gasteiger partial charge in [0.25, 0.3) is 5.97 Å². The predicted molar refractivity (Wildman–Crippen MR) is 70.2 cm³/mol. The van der Waals surface area contributed by atoms with Crippen LogP contribution in [0.4, 0.5) is 0 Å². The van der Waals surface area contributed by atoms with Gasteiger partial charge in [-0.15, -0.1) is 0 Å². The first-order chi connectivity index (χ1) is 7.50. The maximum atomic E-state index is 9.79. The first kappa shape index (κ1) is 16.9. The van der Waals surface area contributed by atoms with Crippen molar-refractivity contribution in [1.82, 2.24) is 0 Å². The van der Waals surface area contributed by atoms with Crippen LogP contribution in [0.3, 0.4) is 0 Å². The van der Waals surface area contributed by atoms with E-state index in [0.29, 0.717) is 37.0 Å². The summed E-state index contributed by atoms with van der Waals surface area (Å²) in [7, 11) is 0. The van der Waals surface area contributed by atoms with Gasteiger partial charge in [-0.05, 0) is 37.0 Å². The summed E-state index contributed by atoms with van der Waals surface area (Å²) in [5.74, 6) is -1.64. The molecule has 0 saturated heterocycles. The molecule has 104 valence electrons. The van der Waals surface area contributed by atoms with E-state index in [9.17, 15) is 15.3 Å². The summed E-state index contributed by atoms with van der Waals surface area (Å²) >= 11 is 0. The van der Waals surface area contributed by atoms with Gasteiger partial charge in [0.15, 0.2) is 0 Å². The second kappa shape index (κ2) is 6.17. The van der Waals surface area contributed by atoms with E-state index in [1.54, 1.807) is 0 Å². The Kier molecular flexibility index (Phi) is 6.12. The molecule has 0 atom stereocenters. The fourth-order valence-electron chi connectivity index (χ4n) is 3.01. The van der Waals surface area contributed by atoms with E-state index in [1.165, 1.54) is 0 Å². The summed E-state index contributed by atoms with van der Waals surface area (Å²) in [4.78, 5) is 0. The normalized spacial score (nSPS) is 14.1. The molecule has 0 spiro atoms. The molecule has 3 N–H and O–H groups in total. The molecule has 0 aliphatic carbocycles. The summed E-state index contributed by atoms with van der Waals surface area (Å²) < 4.78 is 0. The van der Waals surface area contributed by atoms with E-state index in [0.717, 1.165) is 0 Å². The lowest BCUT2D eigenvalue weighted by Crippen LogP contribution is -2.50. The molecule has 0 fully saturated rings. The van der Waals surface area contributed by atoms with Crippen molar-refractivity contribution in [3.63, 3.8) is 0 Å². The van der Waals surface area contributed by atoms with Crippen LogP contribution < -0.4 is 0 Å². The van der Waals surface area contributed by atoms with Gasteiger partial charge in [-0.3, -0.25) is 0 Å². The van der Waals surface area contributed by atoms with Crippen LogP contribution in [-0.2, 0) is 0 Å². The van der Waals surface area contributed by atoms with E-state index in [2.05, 4.69) is 0 Å². The first-order valence-corrected chi connectivity index (χ1v) is 6.67. The fourth-order valence-corrected chi connectivity index (χ4v) is 3.01. The average Bonchev–Trinajstić information content (AvgIpc) is 1.96. The van der Waals surface area contributed by atoms with E-state index >= 15 is 0 Å².